The van der Waals surface area contributed by atoms with Crippen molar-refractivity contribution in [2.45, 2.75) is 4.90 Å². The van der Waals surface area contributed by atoms with E-state index in [1.165, 1.54) is 12.3 Å². The van der Waals surface area contributed by atoms with Crippen molar-refractivity contribution < 1.29 is 18.0 Å². The fraction of sp³-hybridized carbons (Fsp3) is 0. The van der Waals surface area contributed by atoms with Crippen LogP contribution in [0.4, 0.5) is 0 Å². The van der Waals surface area contributed by atoms with Gasteiger partial charge in [0.05, 0.1) is 5.39 Å². The van der Waals surface area contributed by atoms with E-state index >= 15 is 0 Å². The molecular formula is C9H8NO3S+. The predicted molar refractivity (Wildman–Crippen MR) is 50.3 cm³/mol. The molecule has 0 spiro atoms. The van der Waals surface area contributed by atoms with Gasteiger partial charge < -0.3 is 0 Å². The summed E-state index contributed by atoms with van der Waals surface area (Å²) in [6, 6.07) is 8.20. The van der Waals surface area contributed by atoms with E-state index in [0.717, 1.165) is 0 Å². The highest BCUT2D eigenvalue weighted by atomic mass is 32.2. The number of hydrogen-bond donors (Lipinski definition) is 1. The van der Waals surface area contributed by atoms with E-state index < -0.39 is 10.1 Å². The summed E-state index contributed by atoms with van der Waals surface area (Å²) in [5.41, 5.74) is 0.669. The van der Waals surface area contributed by atoms with E-state index in [1.54, 1.807) is 24.3 Å². The Morgan fingerprint density at radius 1 is 1.14 bits per heavy atom. The van der Waals surface area contributed by atoms with Gasteiger partial charge in [-0.3, -0.25) is 4.55 Å². The highest BCUT2D eigenvalue weighted by molar-refractivity contribution is 7.86. The maximum atomic E-state index is 11.0. The standard InChI is InChI=1S/C9H7NO3S/c11-14(12,13)9-5-6-10-8-4-2-1-3-7(8)9/h1-6H,(H,11,12,13)/p+1. The van der Waals surface area contributed by atoms with Crippen LogP contribution in [0.1, 0.15) is 0 Å². The predicted octanol–water partition coefficient (Wildman–Crippen LogP) is 0.901. The molecule has 2 rings (SSSR count). The summed E-state index contributed by atoms with van der Waals surface area (Å²) < 4.78 is 30.9. The molecule has 0 fully saturated rings. The van der Waals surface area contributed by atoms with Crippen molar-refractivity contribution in [2.24, 2.45) is 0 Å². The third-order valence-corrected chi connectivity index (χ3v) is 2.86. The van der Waals surface area contributed by atoms with E-state index in [1.807, 2.05) is 0 Å². The van der Waals surface area contributed by atoms with Gasteiger partial charge in [-0.25, -0.2) is 4.98 Å². The Morgan fingerprint density at radius 3 is 2.57 bits per heavy atom. The lowest BCUT2D eigenvalue weighted by molar-refractivity contribution is -0.345. The maximum absolute atomic E-state index is 11.0. The van der Waals surface area contributed by atoms with Gasteiger partial charge in [0, 0.05) is 12.1 Å². The van der Waals surface area contributed by atoms with Crippen LogP contribution in [0, 0.1) is 0 Å². The average molecular weight is 210 g/mol. The molecule has 1 aromatic carbocycles. The zero-order valence-corrected chi connectivity index (χ0v) is 7.95. The van der Waals surface area contributed by atoms with E-state index in [0.29, 0.717) is 10.9 Å². The van der Waals surface area contributed by atoms with Gasteiger partial charge in [0.25, 0.3) is 10.1 Å². The molecule has 2 N–H and O–H groups in total. The van der Waals surface area contributed by atoms with E-state index in [2.05, 4.69) is 4.98 Å². The fourth-order valence-electron chi connectivity index (χ4n) is 1.35. The van der Waals surface area contributed by atoms with Crippen molar-refractivity contribution in [3.63, 3.8) is 0 Å². The van der Waals surface area contributed by atoms with Crippen molar-refractivity contribution in [3.05, 3.63) is 36.5 Å². The lowest BCUT2D eigenvalue weighted by atomic mass is 10.2. The Morgan fingerprint density at radius 2 is 1.86 bits per heavy atom. The van der Waals surface area contributed by atoms with Crippen molar-refractivity contribution in [1.29, 1.82) is 0 Å². The molecule has 1 heterocycles. The first-order valence-corrected chi connectivity index (χ1v) is 5.40. The molecule has 2 aromatic rings. The molecule has 0 saturated heterocycles. The quantitative estimate of drug-likeness (QED) is 0.711. The van der Waals surface area contributed by atoms with Crippen molar-refractivity contribution in [2.75, 3.05) is 0 Å². The van der Waals surface area contributed by atoms with Gasteiger partial charge in [-0.15, -0.1) is 0 Å². The normalized spacial score (nSPS) is 11.8. The van der Waals surface area contributed by atoms with Gasteiger partial charge in [-0.05, 0) is 6.07 Å². The number of nitrogens with one attached hydrogen (secondary N) is 1. The Balaban J connectivity index is 2.92. The molecule has 14 heavy (non-hydrogen) atoms. The van der Waals surface area contributed by atoms with E-state index in [-0.39, 0.29) is 4.90 Å². The topological polar surface area (TPSA) is 68.5 Å². The Hall–Kier alpha value is -1.46. The zero-order valence-electron chi connectivity index (χ0n) is 7.14. The van der Waals surface area contributed by atoms with Crippen LogP contribution in [-0.4, -0.2) is 13.0 Å². The van der Waals surface area contributed by atoms with Crippen LogP contribution in [0.5, 0.6) is 0 Å². The highest BCUT2D eigenvalue weighted by Gasteiger charge is 2.15. The van der Waals surface area contributed by atoms with Crippen LogP contribution < -0.4 is 4.98 Å². The maximum Gasteiger partial charge on any atom is 0.295 e. The molecule has 72 valence electrons. The van der Waals surface area contributed by atoms with Gasteiger partial charge in [0.1, 0.15) is 4.90 Å². The van der Waals surface area contributed by atoms with Gasteiger partial charge in [-0.1, -0.05) is 12.1 Å². The summed E-state index contributed by atoms with van der Waals surface area (Å²) in [7, 11) is -4.15. The number of pyridine rings is 1. The molecule has 0 aliphatic heterocycles. The monoisotopic (exact) mass is 210 g/mol. The Labute approximate surface area is 81.0 Å². The lowest BCUT2D eigenvalue weighted by Crippen LogP contribution is -2.07. The van der Waals surface area contributed by atoms with Crippen LogP contribution in [0.2, 0.25) is 0 Å². The second kappa shape index (κ2) is 3.04. The summed E-state index contributed by atoms with van der Waals surface area (Å²) in [6.45, 7) is 0. The second-order valence-corrected chi connectivity index (χ2v) is 4.25. The minimum atomic E-state index is -4.15. The number of benzene rings is 1. The highest BCUT2D eigenvalue weighted by Crippen LogP contribution is 2.18. The van der Waals surface area contributed by atoms with Crippen LogP contribution >= 0.6 is 0 Å². The molecule has 0 atom stereocenters. The smallest absolute Gasteiger partial charge is 0.282 e. The number of rotatable bonds is 1. The lowest BCUT2D eigenvalue weighted by Gasteiger charge is -1.97. The van der Waals surface area contributed by atoms with Crippen molar-refractivity contribution in [1.82, 2.24) is 0 Å². The SMILES string of the molecule is O=S(=O)(O)c1cc[nH+]c2ccccc12. The summed E-state index contributed by atoms with van der Waals surface area (Å²) >= 11 is 0. The molecule has 0 amide bonds. The summed E-state index contributed by atoms with van der Waals surface area (Å²) in [4.78, 5) is 2.81. The second-order valence-electron chi connectivity index (χ2n) is 2.86. The first kappa shape index (κ1) is 9.11. The van der Waals surface area contributed by atoms with E-state index in [9.17, 15) is 8.42 Å². The molecule has 0 aliphatic carbocycles. The van der Waals surface area contributed by atoms with Crippen LogP contribution in [0.3, 0.4) is 0 Å². The van der Waals surface area contributed by atoms with Gasteiger partial charge in [0.2, 0.25) is 5.52 Å². The van der Waals surface area contributed by atoms with E-state index in [4.69, 9.17) is 4.55 Å². The molecule has 5 heteroatoms. The molecule has 0 bridgehead atoms. The van der Waals surface area contributed by atoms with Gasteiger partial charge in [-0.2, -0.15) is 8.42 Å². The Bertz CT molecular complexity index is 572. The third kappa shape index (κ3) is 1.47. The minimum absolute atomic E-state index is 0.0770. The number of H-pyrrole nitrogens is 1. The van der Waals surface area contributed by atoms with Gasteiger partial charge >= 0.3 is 0 Å². The average Bonchev–Trinajstić information content (AvgIpc) is 2.15. The minimum Gasteiger partial charge on any atom is -0.282 e. The number of hydrogen-bond acceptors (Lipinski definition) is 2. The number of fused-ring (bicyclic) bond motifs is 1. The van der Waals surface area contributed by atoms with Crippen molar-refractivity contribution in [3.8, 4) is 0 Å². The van der Waals surface area contributed by atoms with Crippen LogP contribution in [0.25, 0.3) is 10.9 Å². The molecule has 0 aliphatic rings. The molecular weight excluding hydrogens is 202 g/mol. The van der Waals surface area contributed by atoms with Gasteiger partial charge in [0.15, 0.2) is 6.20 Å². The third-order valence-electron chi connectivity index (χ3n) is 1.94. The molecule has 1 aromatic heterocycles. The van der Waals surface area contributed by atoms with Crippen LogP contribution in [-0.2, 0) is 10.1 Å². The summed E-state index contributed by atoms with van der Waals surface area (Å²) in [5, 5.41) is 0.484. The first-order valence-electron chi connectivity index (χ1n) is 3.96. The van der Waals surface area contributed by atoms with Crippen LogP contribution in [0.15, 0.2) is 41.4 Å². The molecule has 4 nitrogen and oxygen atoms in total. The van der Waals surface area contributed by atoms with Crippen molar-refractivity contribution >= 4 is 21.0 Å². The number of aromatic nitrogens is 1. The fourth-order valence-corrected chi connectivity index (χ4v) is 2.04. The zero-order chi connectivity index (χ0) is 10.2. The largest absolute Gasteiger partial charge is 0.295 e. The molecule has 0 radical (unpaired) electrons. The Kier molecular flexibility index (Phi) is 1.98. The molecule has 0 saturated carbocycles. The molecule has 0 unspecified atom stereocenters. The first-order chi connectivity index (χ1) is 6.59. The summed E-state index contributed by atoms with van der Waals surface area (Å²) in [5.74, 6) is 0. The number of aromatic amines is 1. The number of para-hydroxylation sites is 1. The summed E-state index contributed by atoms with van der Waals surface area (Å²) in [6.07, 6.45) is 1.48.